The third-order valence-electron chi connectivity index (χ3n) is 3.40. The van der Waals surface area contributed by atoms with Crippen molar-refractivity contribution in [3.63, 3.8) is 0 Å². The summed E-state index contributed by atoms with van der Waals surface area (Å²) in [6.45, 7) is 0. The molecule has 0 saturated heterocycles. The molecule has 114 valence electrons. The van der Waals surface area contributed by atoms with Crippen LogP contribution in [0.5, 0.6) is 0 Å². The summed E-state index contributed by atoms with van der Waals surface area (Å²) >= 11 is 0. The Labute approximate surface area is 123 Å². The van der Waals surface area contributed by atoms with Crippen LogP contribution in [0.1, 0.15) is 17.2 Å². The molecule has 0 bridgehead atoms. The van der Waals surface area contributed by atoms with Crippen LogP contribution < -0.4 is 10.6 Å². The molecule has 1 atom stereocenters. The Balaban J connectivity index is 1.91. The number of halogens is 4. The number of rotatable bonds is 1. The van der Waals surface area contributed by atoms with E-state index in [2.05, 4.69) is 10.6 Å². The number of anilines is 2. The molecule has 1 amide bonds. The third-order valence-corrected chi connectivity index (χ3v) is 3.40. The molecule has 3 rings (SSSR count). The number of para-hydroxylation sites is 1. The first-order chi connectivity index (χ1) is 10.4. The molecule has 0 fully saturated rings. The van der Waals surface area contributed by atoms with E-state index >= 15 is 0 Å². The number of nitrogens with one attached hydrogen (secondary N) is 2. The van der Waals surface area contributed by atoms with Gasteiger partial charge in [-0.1, -0.05) is 18.2 Å². The highest BCUT2D eigenvalue weighted by molar-refractivity contribution is 6.03. The third kappa shape index (κ3) is 2.49. The quantitative estimate of drug-likeness (QED) is 0.783. The van der Waals surface area contributed by atoms with E-state index in [0.717, 1.165) is 12.1 Å². The Morgan fingerprint density at radius 1 is 1.00 bits per heavy atom. The van der Waals surface area contributed by atoms with E-state index in [1.807, 2.05) is 0 Å². The fourth-order valence-electron chi connectivity index (χ4n) is 2.29. The average Bonchev–Trinajstić information content (AvgIpc) is 2.47. The fourth-order valence-corrected chi connectivity index (χ4v) is 2.29. The molecular weight excluding hydrogens is 300 g/mol. The lowest BCUT2D eigenvalue weighted by Crippen LogP contribution is -2.32. The zero-order valence-electron chi connectivity index (χ0n) is 11.0. The molecule has 0 unspecified atom stereocenters. The molecule has 2 aromatic rings. The molecule has 22 heavy (non-hydrogen) atoms. The Kier molecular flexibility index (Phi) is 3.27. The van der Waals surface area contributed by atoms with E-state index in [1.165, 1.54) is 24.3 Å². The summed E-state index contributed by atoms with van der Waals surface area (Å²) in [5.41, 5.74) is -0.0144. The Morgan fingerprint density at radius 3 is 2.32 bits per heavy atom. The van der Waals surface area contributed by atoms with Crippen LogP contribution >= 0.6 is 0 Å². The Hall–Kier alpha value is -2.57. The van der Waals surface area contributed by atoms with Gasteiger partial charge in [0.2, 0.25) is 0 Å². The highest BCUT2D eigenvalue weighted by atomic mass is 19.4. The van der Waals surface area contributed by atoms with Gasteiger partial charge in [0.15, 0.2) is 0 Å². The van der Waals surface area contributed by atoms with Gasteiger partial charge in [-0.15, -0.1) is 0 Å². The minimum absolute atomic E-state index is 0.0376. The number of carbonyl (C=O) groups is 1. The number of amides is 1. The van der Waals surface area contributed by atoms with Crippen molar-refractivity contribution in [1.82, 2.24) is 0 Å². The number of carbonyl (C=O) groups excluding carboxylic acids is 1. The molecule has 7 heteroatoms. The van der Waals surface area contributed by atoms with Crippen LogP contribution in [-0.2, 0) is 11.0 Å². The van der Waals surface area contributed by atoms with Crippen LogP contribution in [0.15, 0.2) is 42.5 Å². The molecule has 1 heterocycles. The summed E-state index contributed by atoms with van der Waals surface area (Å²) in [4.78, 5) is 12.0. The molecule has 0 saturated carbocycles. The van der Waals surface area contributed by atoms with Crippen molar-refractivity contribution < 1.29 is 22.4 Å². The van der Waals surface area contributed by atoms with E-state index in [9.17, 15) is 22.4 Å². The van der Waals surface area contributed by atoms with Crippen molar-refractivity contribution in [2.24, 2.45) is 0 Å². The van der Waals surface area contributed by atoms with Crippen molar-refractivity contribution in [2.45, 2.75) is 12.2 Å². The fraction of sp³-hybridized carbons (Fsp3) is 0.133. The first-order valence-electron chi connectivity index (χ1n) is 6.39. The Morgan fingerprint density at radius 2 is 1.68 bits per heavy atom. The molecule has 2 N–H and O–H groups in total. The topological polar surface area (TPSA) is 41.1 Å². The molecule has 1 aliphatic heterocycles. The number of hydrogen-bond donors (Lipinski definition) is 2. The van der Waals surface area contributed by atoms with Gasteiger partial charge in [0.1, 0.15) is 17.5 Å². The minimum Gasteiger partial charge on any atom is -0.368 e. The second-order valence-corrected chi connectivity index (χ2v) is 4.85. The van der Waals surface area contributed by atoms with Gasteiger partial charge in [-0.05, 0) is 29.8 Å². The van der Waals surface area contributed by atoms with Gasteiger partial charge >= 0.3 is 6.18 Å². The van der Waals surface area contributed by atoms with Gasteiger partial charge in [0, 0.05) is 0 Å². The van der Waals surface area contributed by atoms with Crippen LogP contribution in [0.4, 0.5) is 28.9 Å². The average molecular weight is 310 g/mol. The van der Waals surface area contributed by atoms with Gasteiger partial charge in [-0.25, -0.2) is 4.39 Å². The lowest BCUT2D eigenvalue weighted by molar-refractivity contribution is -0.137. The number of hydrogen-bond acceptors (Lipinski definition) is 2. The van der Waals surface area contributed by atoms with Gasteiger partial charge < -0.3 is 10.6 Å². The lowest BCUT2D eigenvalue weighted by atomic mass is 10.0. The van der Waals surface area contributed by atoms with Crippen LogP contribution in [0.3, 0.4) is 0 Å². The molecular formula is C15H10F4N2O. The second-order valence-electron chi connectivity index (χ2n) is 4.85. The maximum atomic E-state index is 13.6. The predicted molar refractivity (Wildman–Crippen MR) is 72.8 cm³/mol. The summed E-state index contributed by atoms with van der Waals surface area (Å²) in [5.74, 6) is -1.11. The van der Waals surface area contributed by atoms with Crippen molar-refractivity contribution in [1.29, 1.82) is 0 Å². The van der Waals surface area contributed by atoms with E-state index in [-0.39, 0.29) is 5.69 Å². The predicted octanol–water partition coefficient (Wildman–Crippen LogP) is 3.95. The minimum atomic E-state index is -4.43. The smallest absolute Gasteiger partial charge is 0.368 e. The van der Waals surface area contributed by atoms with Crippen molar-refractivity contribution in [3.8, 4) is 0 Å². The molecule has 0 radical (unpaired) electrons. The lowest BCUT2D eigenvalue weighted by Gasteiger charge is -2.27. The summed E-state index contributed by atoms with van der Waals surface area (Å²) in [7, 11) is 0. The van der Waals surface area contributed by atoms with Crippen LogP contribution in [0, 0.1) is 5.82 Å². The zero-order valence-corrected chi connectivity index (χ0v) is 11.0. The van der Waals surface area contributed by atoms with E-state index in [4.69, 9.17) is 0 Å². The SMILES string of the molecule is O=C1Nc2c(F)cccc2N[C@@H]1c1ccc(C(F)(F)F)cc1. The number of benzene rings is 2. The Bertz CT molecular complexity index is 725. The van der Waals surface area contributed by atoms with Gasteiger partial charge in [0.05, 0.1) is 11.3 Å². The molecule has 0 aromatic heterocycles. The second kappa shape index (κ2) is 5.01. The normalized spacial score (nSPS) is 17.5. The highest BCUT2D eigenvalue weighted by Crippen LogP contribution is 2.35. The summed E-state index contributed by atoms with van der Waals surface area (Å²) in [6.07, 6.45) is -4.43. The standard InChI is InChI=1S/C15H10F4N2O/c16-10-2-1-3-11-13(10)21-14(22)12(20-11)8-4-6-9(7-5-8)15(17,18)19/h1-7,12,20H,(H,21,22)/t12-/m1/s1. The van der Waals surface area contributed by atoms with Crippen LogP contribution in [-0.4, -0.2) is 5.91 Å². The molecule has 2 aromatic carbocycles. The van der Waals surface area contributed by atoms with Crippen molar-refractivity contribution in [3.05, 3.63) is 59.4 Å². The largest absolute Gasteiger partial charge is 0.416 e. The van der Waals surface area contributed by atoms with E-state index < -0.39 is 29.5 Å². The zero-order chi connectivity index (χ0) is 15.9. The first-order valence-corrected chi connectivity index (χ1v) is 6.39. The maximum absolute atomic E-state index is 13.6. The summed E-state index contributed by atoms with van der Waals surface area (Å²) < 4.78 is 51.2. The molecule has 1 aliphatic rings. The van der Waals surface area contributed by atoms with Gasteiger partial charge in [-0.2, -0.15) is 13.2 Å². The van der Waals surface area contributed by atoms with E-state index in [1.54, 1.807) is 6.07 Å². The molecule has 0 spiro atoms. The highest BCUT2D eigenvalue weighted by Gasteiger charge is 2.32. The number of fused-ring (bicyclic) bond motifs is 1. The van der Waals surface area contributed by atoms with Gasteiger partial charge in [0.25, 0.3) is 5.91 Å². The van der Waals surface area contributed by atoms with Crippen LogP contribution in [0.2, 0.25) is 0 Å². The van der Waals surface area contributed by atoms with Gasteiger partial charge in [-0.3, -0.25) is 4.79 Å². The summed E-state index contributed by atoms with van der Waals surface area (Å²) in [5, 5.41) is 5.25. The monoisotopic (exact) mass is 310 g/mol. The van der Waals surface area contributed by atoms with Crippen molar-refractivity contribution in [2.75, 3.05) is 10.6 Å². The number of alkyl halides is 3. The maximum Gasteiger partial charge on any atom is 0.416 e. The molecule has 0 aliphatic carbocycles. The molecule has 3 nitrogen and oxygen atoms in total. The first kappa shape index (κ1) is 14.4. The van der Waals surface area contributed by atoms with Crippen LogP contribution in [0.25, 0.3) is 0 Å². The van der Waals surface area contributed by atoms with Crippen molar-refractivity contribution >= 4 is 17.3 Å². The summed E-state index contributed by atoms with van der Waals surface area (Å²) in [6, 6.07) is 7.65. The van der Waals surface area contributed by atoms with E-state index in [0.29, 0.717) is 11.3 Å².